The lowest BCUT2D eigenvalue weighted by Crippen LogP contribution is -2.47. The summed E-state index contributed by atoms with van der Waals surface area (Å²) in [5.74, 6) is -0.237. The third-order valence-corrected chi connectivity index (χ3v) is 4.29. The summed E-state index contributed by atoms with van der Waals surface area (Å²) >= 11 is 0. The van der Waals surface area contributed by atoms with E-state index in [0.29, 0.717) is 24.3 Å². The average Bonchev–Trinajstić information content (AvgIpc) is 3.15. The van der Waals surface area contributed by atoms with Crippen LogP contribution in [0.15, 0.2) is 22.6 Å². The number of hydrogen-bond donors (Lipinski definition) is 2. The molecule has 3 rings (SSSR count). The fourth-order valence-electron chi connectivity index (χ4n) is 2.88. The summed E-state index contributed by atoms with van der Waals surface area (Å²) in [5, 5.41) is 16.0. The monoisotopic (exact) mass is 317 g/mol. The van der Waals surface area contributed by atoms with Crippen LogP contribution in [-0.4, -0.2) is 44.7 Å². The Morgan fingerprint density at radius 2 is 2.17 bits per heavy atom. The summed E-state index contributed by atoms with van der Waals surface area (Å²) in [6.45, 7) is 3.99. The third kappa shape index (κ3) is 2.99. The molecule has 0 spiro atoms. The Hall–Kier alpha value is -2.57. The van der Waals surface area contributed by atoms with Crippen LogP contribution in [0.5, 0.6) is 0 Å². The smallest absolute Gasteiger partial charge is 0.308 e. The molecule has 0 aliphatic carbocycles. The van der Waals surface area contributed by atoms with Crippen LogP contribution in [0.25, 0.3) is 11.5 Å². The zero-order chi connectivity index (χ0) is 16.6. The number of carbonyl (C=O) groups excluding carboxylic acids is 1. The van der Waals surface area contributed by atoms with E-state index >= 15 is 0 Å². The molecule has 2 aromatic rings. The molecule has 2 N–H and O–H groups in total. The van der Waals surface area contributed by atoms with Crippen molar-refractivity contribution in [3.05, 3.63) is 29.7 Å². The van der Waals surface area contributed by atoms with E-state index in [0.717, 1.165) is 5.76 Å². The van der Waals surface area contributed by atoms with Gasteiger partial charge in [-0.15, -0.1) is 0 Å². The third-order valence-electron chi connectivity index (χ3n) is 4.29. The maximum Gasteiger partial charge on any atom is 0.308 e. The molecule has 1 fully saturated rings. The van der Waals surface area contributed by atoms with Gasteiger partial charge in [0.05, 0.1) is 5.92 Å². The standard InChI is InChI=1S/C16H19N3O4/c1-9-3-5-11(16(21)22)8-19(9)15(20)13-7-12(17-18-13)14-6-4-10(2)23-14/h4,6-7,9,11H,3,5,8H2,1-2H3,(H,17,18)(H,21,22). The fraction of sp³-hybridized carbons (Fsp3) is 0.438. The number of aromatic nitrogens is 2. The molecule has 7 nitrogen and oxygen atoms in total. The second-order valence-corrected chi connectivity index (χ2v) is 6.00. The van der Waals surface area contributed by atoms with E-state index in [1.807, 2.05) is 19.9 Å². The number of carbonyl (C=O) groups is 2. The van der Waals surface area contributed by atoms with E-state index in [1.54, 1.807) is 17.0 Å². The van der Waals surface area contributed by atoms with Gasteiger partial charge in [0.1, 0.15) is 11.5 Å². The van der Waals surface area contributed by atoms with Crippen molar-refractivity contribution < 1.29 is 19.1 Å². The summed E-state index contributed by atoms with van der Waals surface area (Å²) in [6.07, 6.45) is 1.27. The Labute approximate surface area is 133 Å². The van der Waals surface area contributed by atoms with Gasteiger partial charge in [0.25, 0.3) is 5.91 Å². The quantitative estimate of drug-likeness (QED) is 0.905. The molecule has 2 atom stereocenters. The highest BCUT2D eigenvalue weighted by Gasteiger charge is 2.33. The van der Waals surface area contributed by atoms with Crippen molar-refractivity contribution in [3.63, 3.8) is 0 Å². The number of carboxylic acid groups (broad SMARTS) is 1. The van der Waals surface area contributed by atoms with Gasteiger partial charge >= 0.3 is 5.97 Å². The first-order valence-corrected chi connectivity index (χ1v) is 7.61. The highest BCUT2D eigenvalue weighted by atomic mass is 16.4. The molecule has 0 radical (unpaired) electrons. The maximum absolute atomic E-state index is 12.6. The number of piperidine rings is 1. The summed E-state index contributed by atoms with van der Waals surface area (Å²) in [5.41, 5.74) is 0.896. The van der Waals surface area contributed by atoms with Gasteiger partial charge in [0.2, 0.25) is 0 Å². The molecule has 0 aromatic carbocycles. The van der Waals surface area contributed by atoms with Gasteiger partial charge in [-0.2, -0.15) is 5.10 Å². The molecule has 2 unspecified atom stereocenters. The van der Waals surface area contributed by atoms with Crippen molar-refractivity contribution in [1.29, 1.82) is 0 Å². The number of aliphatic carboxylic acids is 1. The van der Waals surface area contributed by atoms with Crippen molar-refractivity contribution in [2.45, 2.75) is 32.7 Å². The largest absolute Gasteiger partial charge is 0.481 e. The highest BCUT2D eigenvalue weighted by molar-refractivity contribution is 5.93. The van der Waals surface area contributed by atoms with E-state index in [9.17, 15) is 14.7 Å². The minimum Gasteiger partial charge on any atom is -0.481 e. The van der Waals surface area contributed by atoms with Crippen LogP contribution in [0.1, 0.15) is 36.0 Å². The average molecular weight is 317 g/mol. The van der Waals surface area contributed by atoms with Gasteiger partial charge in [-0.3, -0.25) is 14.7 Å². The molecule has 3 heterocycles. The first kappa shape index (κ1) is 15.3. The zero-order valence-corrected chi connectivity index (χ0v) is 13.1. The Kier molecular flexibility index (Phi) is 3.94. The number of aromatic amines is 1. The number of likely N-dealkylation sites (tertiary alicyclic amines) is 1. The molecule has 1 amide bonds. The normalized spacial score (nSPS) is 21.4. The first-order valence-electron chi connectivity index (χ1n) is 7.61. The van der Waals surface area contributed by atoms with Crippen LogP contribution >= 0.6 is 0 Å². The van der Waals surface area contributed by atoms with Gasteiger partial charge in [0.15, 0.2) is 11.5 Å². The van der Waals surface area contributed by atoms with Crippen LogP contribution in [0.3, 0.4) is 0 Å². The molecule has 0 saturated carbocycles. The number of carboxylic acids is 1. The molecule has 7 heteroatoms. The highest BCUT2D eigenvalue weighted by Crippen LogP contribution is 2.25. The predicted octanol–water partition coefficient (Wildman–Crippen LogP) is 2.30. The summed E-state index contributed by atoms with van der Waals surface area (Å²) in [6, 6.07) is 5.28. The lowest BCUT2D eigenvalue weighted by Gasteiger charge is -2.36. The zero-order valence-electron chi connectivity index (χ0n) is 13.1. The minimum absolute atomic E-state index is 0.00380. The van der Waals surface area contributed by atoms with Gasteiger partial charge in [0, 0.05) is 18.7 Å². The maximum atomic E-state index is 12.6. The molecule has 122 valence electrons. The molecule has 1 aliphatic heterocycles. The molecule has 2 aromatic heterocycles. The van der Waals surface area contributed by atoms with Crippen molar-refractivity contribution >= 4 is 11.9 Å². The summed E-state index contributed by atoms with van der Waals surface area (Å²) < 4.78 is 5.50. The van der Waals surface area contributed by atoms with Crippen LogP contribution in [0.2, 0.25) is 0 Å². The number of furan rings is 1. The number of nitrogens with zero attached hydrogens (tertiary/aromatic N) is 2. The molecular weight excluding hydrogens is 298 g/mol. The Bertz CT molecular complexity index is 733. The number of rotatable bonds is 3. The van der Waals surface area contributed by atoms with Crippen molar-refractivity contribution in [1.82, 2.24) is 15.1 Å². The fourth-order valence-corrected chi connectivity index (χ4v) is 2.88. The number of nitrogens with one attached hydrogen (secondary N) is 1. The van der Waals surface area contributed by atoms with E-state index in [2.05, 4.69) is 10.2 Å². The van der Waals surface area contributed by atoms with E-state index in [4.69, 9.17) is 4.42 Å². The van der Waals surface area contributed by atoms with Gasteiger partial charge < -0.3 is 14.4 Å². The van der Waals surface area contributed by atoms with Crippen molar-refractivity contribution in [2.24, 2.45) is 5.92 Å². The molecular formula is C16H19N3O4. The van der Waals surface area contributed by atoms with Crippen LogP contribution in [-0.2, 0) is 4.79 Å². The minimum atomic E-state index is -0.858. The number of H-pyrrole nitrogens is 1. The molecule has 0 bridgehead atoms. The van der Waals surface area contributed by atoms with Crippen molar-refractivity contribution in [2.75, 3.05) is 6.54 Å². The summed E-state index contributed by atoms with van der Waals surface area (Å²) in [7, 11) is 0. The van der Waals surface area contributed by atoms with Crippen LogP contribution in [0, 0.1) is 12.8 Å². The molecule has 1 aliphatic rings. The van der Waals surface area contributed by atoms with Gasteiger partial charge in [-0.05, 0) is 38.8 Å². The first-order chi connectivity index (χ1) is 11.0. The van der Waals surface area contributed by atoms with E-state index in [1.165, 1.54) is 0 Å². The summed E-state index contributed by atoms with van der Waals surface area (Å²) in [4.78, 5) is 25.4. The SMILES string of the molecule is Cc1ccc(-c2cc(C(=O)N3CC(C(=O)O)CCC3C)n[nH]2)o1. The van der Waals surface area contributed by atoms with E-state index in [-0.39, 0.29) is 24.2 Å². The lowest BCUT2D eigenvalue weighted by atomic mass is 9.93. The topological polar surface area (TPSA) is 99.4 Å². The molecule has 23 heavy (non-hydrogen) atoms. The second-order valence-electron chi connectivity index (χ2n) is 6.00. The van der Waals surface area contributed by atoms with Gasteiger partial charge in [-0.25, -0.2) is 0 Å². The number of hydrogen-bond acceptors (Lipinski definition) is 4. The predicted molar refractivity (Wildman–Crippen MR) is 81.9 cm³/mol. The second kappa shape index (κ2) is 5.91. The number of aryl methyl sites for hydroxylation is 1. The van der Waals surface area contributed by atoms with E-state index < -0.39 is 11.9 Å². The van der Waals surface area contributed by atoms with Crippen LogP contribution < -0.4 is 0 Å². The Balaban J connectivity index is 1.79. The Morgan fingerprint density at radius 3 is 2.83 bits per heavy atom. The number of amides is 1. The lowest BCUT2D eigenvalue weighted by molar-refractivity contribution is -0.143. The van der Waals surface area contributed by atoms with Crippen LogP contribution in [0.4, 0.5) is 0 Å². The van der Waals surface area contributed by atoms with Crippen molar-refractivity contribution in [3.8, 4) is 11.5 Å². The molecule has 1 saturated heterocycles. The van der Waals surface area contributed by atoms with Gasteiger partial charge in [-0.1, -0.05) is 0 Å². The Morgan fingerprint density at radius 1 is 1.39 bits per heavy atom.